The van der Waals surface area contributed by atoms with E-state index in [0.29, 0.717) is 0 Å². The number of rotatable bonds is 0. The molecule has 0 aromatic rings. The van der Waals surface area contributed by atoms with E-state index in [-0.39, 0.29) is 0 Å². The van der Waals surface area contributed by atoms with E-state index >= 15 is 0 Å². The number of alkyl halides is 1. The van der Waals surface area contributed by atoms with E-state index in [0.717, 1.165) is 27.6 Å². The first kappa shape index (κ1) is 7.16. The molecule has 0 spiro atoms. The van der Waals surface area contributed by atoms with Gasteiger partial charge in [0.1, 0.15) is 0 Å². The Kier molecular flexibility index (Phi) is 1.54. The van der Waals surface area contributed by atoms with Crippen LogP contribution >= 0.6 is 22.6 Å². The summed E-state index contributed by atoms with van der Waals surface area (Å²) in [6.45, 7) is 0. The third-order valence-electron chi connectivity index (χ3n) is 4.38. The largest absolute Gasteiger partial charge is 0.0820 e. The number of halogens is 1. The molecular formula is C10H15I. The molecule has 4 atom stereocenters. The molecule has 0 radical (unpaired) electrons. The molecule has 4 unspecified atom stereocenters. The summed E-state index contributed by atoms with van der Waals surface area (Å²) >= 11 is 2.74. The molecule has 3 fully saturated rings. The van der Waals surface area contributed by atoms with Gasteiger partial charge in [-0.15, -0.1) is 0 Å². The van der Waals surface area contributed by atoms with Crippen molar-refractivity contribution in [2.45, 2.75) is 36.0 Å². The van der Waals surface area contributed by atoms with Crippen molar-refractivity contribution in [3.05, 3.63) is 0 Å². The summed E-state index contributed by atoms with van der Waals surface area (Å²) in [5.41, 5.74) is 0. The van der Waals surface area contributed by atoms with Crippen LogP contribution in [0.3, 0.4) is 0 Å². The van der Waals surface area contributed by atoms with Crippen molar-refractivity contribution in [3.8, 4) is 0 Å². The van der Waals surface area contributed by atoms with Crippen LogP contribution in [0.4, 0.5) is 0 Å². The third-order valence-corrected chi connectivity index (χ3v) is 6.22. The molecule has 3 aliphatic carbocycles. The number of hydrogen-bond donors (Lipinski definition) is 0. The summed E-state index contributed by atoms with van der Waals surface area (Å²) in [6, 6.07) is 0. The van der Waals surface area contributed by atoms with Crippen molar-refractivity contribution >= 4 is 22.6 Å². The zero-order valence-corrected chi connectivity index (χ0v) is 8.96. The highest BCUT2D eigenvalue weighted by Crippen LogP contribution is 2.58. The Balaban J connectivity index is 1.97. The highest BCUT2D eigenvalue weighted by Gasteiger charge is 2.50. The smallest absolute Gasteiger partial charge is 0.0171 e. The van der Waals surface area contributed by atoms with Crippen LogP contribution in [0.1, 0.15) is 32.1 Å². The molecule has 0 heterocycles. The molecule has 3 saturated carbocycles. The monoisotopic (exact) mass is 262 g/mol. The van der Waals surface area contributed by atoms with Crippen LogP contribution in [0, 0.1) is 23.7 Å². The molecular weight excluding hydrogens is 247 g/mol. The molecule has 0 N–H and O–H groups in total. The van der Waals surface area contributed by atoms with E-state index < -0.39 is 0 Å². The van der Waals surface area contributed by atoms with Crippen molar-refractivity contribution in [1.82, 2.24) is 0 Å². The van der Waals surface area contributed by atoms with Crippen molar-refractivity contribution in [2.75, 3.05) is 0 Å². The standard InChI is InChI=1S/C10H15I/c11-10-8-3-4-9(10)7-2-1-6(8)5-7/h6-10H,1-5H2. The Bertz CT molecular complexity index is 156. The summed E-state index contributed by atoms with van der Waals surface area (Å²) < 4.78 is 1.07. The van der Waals surface area contributed by atoms with Gasteiger partial charge in [0.25, 0.3) is 0 Å². The van der Waals surface area contributed by atoms with Gasteiger partial charge < -0.3 is 0 Å². The van der Waals surface area contributed by atoms with Gasteiger partial charge in [0.05, 0.1) is 0 Å². The third kappa shape index (κ3) is 0.866. The molecule has 0 amide bonds. The van der Waals surface area contributed by atoms with Gasteiger partial charge in [-0.05, 0) is 55.8 Å². The number of fused-ring (bicyclic) bond motifs is 6. The lowest BCUT2D eigenvalue weighted by Crippen LogP contribution is -2.28. The van der Waals surface area contributed by atoms with Crippen LogP contribution in [0.25, 0.3) is 0 Å². The second-order valence-electron chi connectivity index (χ2n) is 4.68. The van der Waals surface area contributed by atoms with Gasteiger partial charge in [0.15, 0.2) is 0 Å². The topological polar surface area (TPSA) is 0 Å². The zero-order valence-electron chi connectivity index (χ0n) is 6.80. The molecule has 0 aliphatic heterocycles. The highest BCUT2D eigenvalue weighted by molar-refractivity contribution is 14.1. The maximum absolute atomic E-state index is 2.74. The van der Waals surface area contributed by atoms with E-state index in [2.05, 4.69) is 22.6 Å². The minimum atomic E-state index is 1.07. The first-order valence-corrected chi connectivity index (χ1v) is 6.25. The van der Waals surface area contributed by atoms with Gasteiger partial charge in [-0.3, -0.25) is 0 Å². The lowest BCUT2D eigenvalue weighted by Gasteiger charge is -2.31. The van der Waals surface area contributed by atoms with Crippen LogP contribution < -0.4 is 0 Å². The Morgan fingerprint density at radius 3 is 1.91 bits per heavy atom. The van der Waals surface area contributed by atoms with Crippen LogP contribution in [0.5, 0.6) is 0 Å². The summed E-state index contributed by atoms with van der Waals surface area (Å²) in [4.78, 5) is 0. The average Bonchev–Trinajstić information content (AvgIpc) is 2.42. The molecule has 11 heavy (non-hydrogen) atoms. The van der Waals surface area contributed by atoms with E-state index in [1.165, 1.54) is 0 Å². The van der Waals surface area contributed by atoms with Crippen molar-refractivity contribution in [1.29, 1.82) is 0 Å². The highest BCUT2D eigenvalue weighted by atomic mass is 127. The van der Waals surface area contributed by atoms with Crippen LogP contribution in [0.2, 0.25) is 0 Å². The minimum Gasteiger partial charge on any atom is -0.0820 e. The second kappa shape index (κ2) is 2.36. The molecule has 62 valence electrons. The normalized spacial score (nSPS) is 60.3. The van der Waals surface area contributed by atoms with Crippen LogP contribution in [-0.2, 0) is 0 Å². The fourth-order valence-electron chi connectivity index (χ4n) is 3.84. The van der Waals surface area contributed by atoms with Gasteiger partial charge in [-0.1, -0.05) is 22.6 Å². The first-order chi connectivity index (χ1) is 5.36. The Morgan fingerprint density at radius 2 is 1.36 bits per heavy atom. The quantitative estimate of drug-likeness (QED) is 0.464. The lowest BCUT2D eigenvalue weighted by molar-refractivity contribution is 0.262. The average molecular weight is 262 g/mol. The zero-order chi connectivity index (χ0) is 7.42. The van der Waals surface area contributed by atoms with E-state index in [1.807, 2.05) is 0 Å². The van der Waals surface area contributed by atoms with Crippen molar-refractivity contribution in [2.24, 2.45) is 23.7 Å². The molecule has 0 saturated heterocycles. The van der Waals surface area contributed by atoms with Crippen molar-refractivity contribution in [3.63, 3.8) is 0 Å². The molecule has 1 heteroatoms. The molecule has 4 bridgehead atoms. The summed E-state index contributed by atoms with van der Waals surface area (Å²) in [7, 11) is 0. The lowest BCUT2D eigenvalue weighted by atomic mass is 9.80. The Morgan fingerprint density at radius 1 is 0.818 bits per heavy atom. The molecule has 0 nitrogen and oxygen atoms in total. The Labute approximate surface area is 82.3 Å². The van der Waals surface area contributed by atoms with E-state index in [4.69, 9.17) is 0 Å². The summed E-state index contributed by atoms with van der Waals surface area (Å²) in [5, 5.41) is 0. The molecule has 0 aromatic heterocycles. The first-order valence-electron chi connectivity index (χ1n) is 5.00. The van der Waals surface area contributed by atoms with E-state index in [1.54, 1.807) is 32.1 Å². The fraction of sp³-hybridized carbons (Fsp3) is 1.00. The molecule has 3 rings (SSSR count). The summed E-state index contributed by atoms with van der Waals surface area (Å²) in [5.74, 6) is 4.58. The number of hydrogen-bond acceptors (Lipinski definition) is 0. The van der Waals surface area contributed by atoms with Gasteiger partial charge in [-0.2, -0.15) is 0 Å². The summed E-state index contributed by atoms with van der Waals surface area (Å²) in [6.07, 6.45) is 7.89. The molecule has 0 aromatic carbocycles. The maximum Gasteiger partial charge on any atom is 0.0171 e. The van der Waals surface area contributed by atoms with Crippen LogP contribution in [-0.4, -0.2) is 3.92 Å². The van der Waals surface area contributed by atoms with Gasteiger partial charge in [0, 0.05) is 3.92 Å². The van der Waals surface area contributed by atoms with Crippen LogP contribution in [0.15, 0.2) is 0 Å². The predicted molar refractivity (Wildman–Crippen MR) is 54.9 cm³/mol. The SMILES string of the molecule is IC1C2CCC1C1CCC2C1. The fourth-order valence-corrected chi connectivity index (χ4v) is 5.74. The second-order valence-corrected chi connectivity index (χ2v) is 6.12. The van der Waals surface area contributed by atoms with E-state index in [9.17, 15) is 0 Å². The Hall–Kier alpha value is 0.730. The van der Waals surface area contributed by atoms with Gasteiger partial charge in [-0.25, -0.2) is 0 Å². The maximum atomic E-state index is 2.74. The van der Waals surface area contributed by atoms with Crippen molar-refractivity contribution < 1.29 is 0 Å². The minimum absolute atomic E-state index is 1.07. The predicted octanol–water partition coefficient (Wildman–Crippen LogP) is 3.25. The molecule has 3 aliphatic rings. The van der Waals surface area contributed by atoms with Gasteiger partial charge >= 0.3 is 0 Å². The van der Waals surface area contributed by atoms with Gasteiger partial charge in [0.2, 0.25) is 0 Å².